The summed E-state index contributed by atoms with van der Waals surface area (Å²) in [5.41, 5.74) is 1.13. The van der Waals surface area contributed by atoms with Gasteiger partial charge >= 0.3 is 5.97 Å². The second kappa shape index (κ2) is 7.62. The molecule has 5 rings (SSSR count). The van der Waals surface area contributed by atoms with Crippen molar-refractivity contribution < 1.29 is 23.5 Å². The standard InChI is InChI=1S/C23H13Cl2FN2O4/c24-14-9-27-18(25)7-11(14)10-28-16-8-15(26)12-5-6-32-22(12)20(16)19(21(28)23(30)31)13-3-1-2-4-17(13)29/h1-3,5-9H,4,10H2,(H,30,31). The monoisotopic (exact) mass is 470 g/mol. The number of aromatic carboxylic acids is 1. The number of allylic oxidation sites excluding steroid dienone is 4. The number of benzene rings is 1. The first kappa shape index (κ1) is 20.5. The van der Waals surface area contributed by atoms with Crippen molar-refractivity contribution in [2.24, 2.45) is 0 Å². The molecular formula is C23H13Cl2FN2O4. The average molecular weight is 471 g/mol. The van der Waals surface area contributed by atoms with Gasteiger partial charge in [0.1, 0.15) is 22.2 Å². The van der Waals surface area contributed by atoms with Crippen molar-refractivity contribution in [2.75, 3.05) is 0 Å². The van der Waals surface area contributed by atoms with E-state index >= 15 is 0 Å². The van der Waals surface area contributed by atoms with Crippen molar-refractivity contribution in [1.82, 2.24) is 9.55 Å². The number of hydrogen-bond acceptors (Lipinski definition) is 4. The zero-order chi connectivity index (χ0) is 22.6. The molecule has 0 saturated carbocycles. The number of nitrogens with zero attached hydrogens (tertiary/aromatic N) is 2. The molecular weight excluding hydrogens is 458 g/mol. The SMILES string of the molecule is O=C1CC=CC=C1c1c(C(=O)O)n(Cc2cc(Cl)ncc2Cl)c2cc(F)c3ccoc3c12. The molecule has 0 radical (unpaired) electrons. The molecule has 0 atom stereocenters. The van der Waals surface area contributed by atoms with Crippen molar-refractivity contribution >= 4 is 62.4 Å². The third-order valence-corrected chi connectivity index (χ3v) is 5.97. The Hall–Kier alpha value is -3.42. The zero-order valence-electron chi connectivity index (χ0n) is 16.2. The van der Waals surface area contributed by atoms with Crippen molar-refractivity contribution in [3.63, 3.8) is 0 Å². The summed E-state index contributed by atoms with van der Waals surface area (Å²) < 4.78 is 21.9. The van der Waals surface area contributed by atoms with Crippen LogP contribution in [0.15, 0.2) is 53.3 Å². The molecule has 1 N–H and O–H groups in total. The van der Waals surface area contributed by atoms with Gasteiger partial charge in [-0.15, -0.1) is 0 Å². The Morgan fingerprint density at radius 1 is 1.31 bits per heavy atom. The lowest BCUT2D eigenvalue weighted by molar-refractivity contribution is -0.113. The minimum absolute atomic E-state index is 0.0395. The minimum atomic E-state index is -1.28. The molecule has 0 amide bonds. The van der Waals surface area contributed by atoms with Gasteiger partial charge in [0.05, 0.1) is 34.1 Å². The van der Waals surface area contributed by atoms with Crippen LogP contribution in [0.1, 0.15) is 28.0 Å². The average Bonchev–Trinajstić information content (AvgIpc) is 3.35. The van der Waals surface area contributed by atoms with Gasteiger partial charge in [-0.3, -0.25) is 4.79 Å². The molecule has 3 aromatic heterocycles. The predicted molar refractivity (Wildman–Crippen MR) is 119 cm³/mol. The first-order valence-electron chi connectivity index (χ1n) is 9.52. The molecule has 0 saturated heterocycles. The van der Waals surface area contributed by atoms with Crippen molar-refractivity contribution in [2.45, 2.75) is 13.0 Å². The van der Waals surface area contributed by atoms with Crippen LogP contribution in [0, 0.1) is 5.82 Å². The molecule has 0 fully saturated rings. The number of furan rings is 1. The van der Waals surface area contributed by atoms with Crippen LogP contribution in [0.4, 0.5) is 4.39 Å². The van der Waals surface area contributed by atoms with E-state index in [0.29, 0.717) is 10.9 Å². The van der Waals surface area contributed by atoms with Crippen LogP contribution in [-0.2, 0) is 11.3 Å². The molecule has 6 nitrogen and oxygen atoms in total. The number of carbonyl (C=O) groups is 2. The zero-order valence-corrected chi connectivity index (χ0v) is 17.7. The number of carbonyl (C=O) groups excluding carboxylic acids is 1. The first-order chi connectivity index (χ1) is 15.4. The van der Waals surface area contributed by atoms with Gasteiger partial charge in [0, 0.05) is 23.8 Å². The summed E-state index contributed by atoms with van der Waals surface area (Å²) >= 11 is 12.3. The molecule has 160 valence electrons. The molecule has 9 heteroatoms. The van der Waals surface area contributed by atoms with Gasteiger partial charge in [0.15, 0.2) is 5.78 Å². The quantitative estimate of drug-likeness (QED) is 0.376. The largest absolute Gasteiger partial charge is 0.477 e. The Balaban J connectivity index is 1.93. The maximum absolute atomic E-state index is 14.9. The number of Topliss-reactive ketones (excluding diaryl/α,β-unsaturated/α-hetero) is 1. The summed E-state index contributed by atoms with van der Waals surface area (Å²) in [7, 11) is 0. The molecule has 3 heterocycles. The fraction of sp³-hybridized carbons (Fsp3) is 0.0870. The number of rotatable bonds is 4. The normalized spacial score (nSPS) is 13.8. The fourth-order valence-corrected chi connectivity index (χ4v) is 4.41. The van der Waals surface area contributed by atoms with E-state index in [2.05, 4.69) is 4.98 Å². The number of fused-ring (bicyclic) bond motifs is 3. The van der Waals surface area contributed by atoms with Crippen molar-refractivity contribution in [1.29, 1.82) is 0 Å². The van der Waals surface area contributed by atoms with Gasteiger partial charge in [-0.1, -0.05) is 41.4 Å². The minimum Gasteiger partial charge on any atom is -0.477 e. The van der Waals surface area contributed by atoms with Gasteiger partial charge in [0.2, 0.25) is 0 Å². The number of ketones is 1. The molecule has 0 bridgehead atoms. The van der Waals surface area contributed by atoms with Gasteiger partial charge in [-0.05, 0) is 23.8 Å². The molecule has 32 heavy (non-hydrogen) atoms. The van der Waals surface area contributed by atoms with Crippen molar-refractivity contribution in [3.8, 4) is 0 Å². The van der Waals surface area contributed by atoms with E-state index in [1.54, 1.807) is 18.2 Å². The van der Waals surface area contributed by atoms with E-state index in [9.17, 15) is 19.1 Å². The summed E-state index contributed by atoms with van der Waals surface area (Å²) in [6, 6.07) is 4.21. The summed E-state index contributed by atoms with van der Waals surface area (Å²) in [5, 5.41) is 11.2. The summed E-state index contributed by atoms with van der Waals surface area (Å²) in [6.07, 6.45) is 7.75. The van der Waals surface area contributed by atoms with E-state index in [-0.39, 0.29) is 62.2 Å². The maximum atomic E-state index is 14.9. The molecule has 1 aromatic carbocycles. The Morgan fingerprint density at radius 2 is 2.12 bits per heavy atom. The molecule has 0 aliphatic heterocycles. The molecule has 0 spiro atoms. The molecule has 1 aliphatic carbocycles. The second-order valence-corrected chi connectivity index (χ2v) is 8.06. The molecule has 4 aromatic rings. The van der Waals surface area contributed by atoms with Crippen LogP contribution >= 0.6 is 23.2 Å². The van der Waals surface area contributed by atoms with Gasteiger partial charge in [-0.2, -0.15) is 0 Å². The van der Waals surface area contributed by atoms with Crippen LogP contribution < -0.4 is 0 Å². The van der Waals surface area contributed by atoms with Crippen LogP contribution in [-0.4, -0.2) is 26.4 Å². The molecule has 0 unspecified atom stereocenters. The third kappa shape index (κ3) is 3.13. The highest BCUT2D eigenvalue weighted by atomic mass is 35.5. The Kier molecular flexibility index (Phi) is 4.87. The lowest BCUT2D eigenvalue weighted by atomic mass is 9.93. The summed E-state index contributed by atoms with van der Waals surface area (Å²) in [5.74, 6) is -2.11. The third-order valence-electron chi connectivity index (χ3n) is 5.42. The van der Waals surface area contributed by atoms with Crippen molar-refractivity contribution in [3.05, 3.63) is 81.7 Å². The number of pyridine rings is 1. The first-order valence-corrected chi connectivity index (χ1v) is 10.3. The van der Waals surface area contributed by atoms with E-state index in [1.165, 1.54) is 35.2 Å². The lowest BCUT2D eigenvalue weighted by Gasteiger charge is -2.12. The summed E-state index contributed by atoms with van der Waals surface area (Å²) in [6.45, 7) is -0.0395. The Bertz CT molecular complexity index is 1510. The number of halogens is 3. The highest BCUT2D eigenvalue weighted by molar-refractivity contribution is 6.33. The van der Waals surface area contributed by atoms with E-state index < -0.39 is 11.8 Å². The fourth-order valence-electron chi connectivity index (χ4n) is 4.06. The predicted octanol–water partition coefficient (Wildman–Crippen LogP) is 5.89. The highest BCUT2D eigenvalue weighted by Crippen LogP contribution is 2.40. The van der Waals surface area contributed by atoms with E-state index in [4.69, 9.17) is 27.6 Å². The topological polar surface area (TPSA) is 85.3 Å². The second-order valence-electron chi connectivity index (χ2n) is 7.27. The lowest BCUT2D eigenvalue weighted by Crippen LogP contribution is -2.14. The maximum Gasteiger partial charge on any atom is 0.353 e. The van der Waals surface area contributed by atoms with Crippen LogP contribution in [0.2, 0.25) is 10.2 Å². The van der Waals surface area contributed by atoms with E-state index in [1.807, 2.05) is 0 Å². The Morgan fingerprint density at radius 3 is 2.88 bits per heavy atom. The number of aromatic nitrogens is 2. The summed E-state index contributed by atoms with van der Waals surface area (Å²) in [4.78, 5) is 29.1. The van der Waals surface area contributed by atoms with Crippen LogP contribution in [0.25, 0.3) is 27.4 Å². The van der Waals surface area contributed by atoms with Gasteiger partial charge < -0.3 is 14.1 Å². The molecule has 1 aliphatic rings. The number of hydrogen-bond donors (Lipinski definition) is 1. The van der Waals surface area contributed by atoms with Crippen LogP contribution in [0.5, 0.6) is 0 Å². The van der Waals surface area contributed by atoms with Gasteiger partial charge in [0.25, 0.3) is 0 Å². The smallest absolute Gasteiger partial charge is 0.353 e. The number of carboxylic acids is 1. The number of carboxylic acid groups (broad SMARTS) is 1. The van der Waals surface area contributed by atoms with Gasteiger partial charge in [-0.25, -0.2) is 14.2 Å². The Labute approximate surface area is 190 Å². The van der Waals surface area contributed by atoms with Crippen LogP contribution in [0.3, 0.4) is 0 Å². The highest BCUT2D eigenvalue weighted by Gasteiger charge is 2.31. The van der Waals surface area contributed by atoms with E-state index in [0.717, 1.165) is 0 Å².